The second-order valence-electron chi connectivity index (χ2n) is 9.55. The zero-order valence-electron chi connectivity index (χ0n) is 18.0. The van der Waals surface area contributed by atoms with Crippen molar-refractivity contribution in [2.45, 2.75) is 122 Å². The summed E-state index contributed by atoms with van der Waals surface area (Å²) in [7, 11) is 0. The Balaban J connectivity index is 2.15. The van der Waals surface area contributed by atoms with Crippen molar-refractivity contribution in [2.24, 2.45) is 11.6 Å². The van der Waals surface area contributed by atoms with E-state index in [4.69, 9.17) is 11.6 Å². The zero-order valence-corrected chi connectivity index (χ0v) is 18.0. The van der Waals surface area contributed by atoms with E-state index >= 15 is 0 Å². The molecule has 1 fully saturated rings. The second kappa shape index (κ2) is 11.0. The monoisotopic (exact) mass is 382 g/mol. The minimum Gasteiger partial charge on any atom is -0.370 e. The summed E-state index contributed by atoms with van der Waals surface area (Å²) < 4.78 is 0. The van der Waals surface area contributed by atoms with Crippen molar-refractivity contribution in [3.63, 3.8) is 0 Å². The highest BCUT2D eigenvalue weighted by atomic mass is 16.2. The molecule has 0 aromatic rings. The van der Waals surface area contributed by atoms with E-state index in [1.54, 1.807) is 0 Å². The summed E-state index contributed by atoms with van der Waals surface area (Å²) in [5.74, 6) is 6.05. The maximum Gasteiger partial charge on any atom is 0.236 e. The van der Waals surface area contributed by atoms with E-state index in [-0.39, 0.29) is 28.9 Å². The molecule has 0 spiro atoms. The van der Waals surface area contributed by atoms with Gasteiger partial charge in [-0.05, 0) is 53.4 Å². The molecule has 1 aliphatic rings. The normalized spacial score (nSPS) is 19.0. The van der Waals surface area contributed by atoms with E-state index in [0.717, 1.165) is 51.4 Å². The molecule has 2 amide bonds. The van der Waals surface area contributed by atoms with Crippen molar-refractivity contribution in [3.05, 3.63) is 0 Å². The first kappa shape index (κ1) is 23.9. The van der Waals surface area contributed by atoms with Gasteiger partial charge in [-0.2, -0.15) is 0 Å². The molecule has 1 rings (SSSR count). The SMILES string of the molecule is CC1(C)CC(N(N)C(=O)CCCCCCCCCCC(N)=O)CC(C)(C)N1. The summed E-state index contributed by atoms with van der Waals surface area (Å²) in [5, 5.41) is 5.13. The smallest absolute Gasteiger partial charge is 0.236 e. The third kappa shape index (κ3) is 10.1. The van der Waals surface area contributed by atoms with E-state index in [2.05, 4.69) is 33.0 Å². The minimum atomic E-state index is -0.203. The van der Waals surface area contributed by atoms with Crippen LogP contribution in [0.5, 0.6) is 0 Å². The Morgan fingerprint density at radius 2 is 1.26 bits per heavy atom. The van der Waals surface area contributed by atoms with Crippen molar-refractivity contribution in [3.8, 4) is 0 Å². The van der Waals surface area contributed by atoms with E-state index in [9.17, 15) is 9.59 Å². The number of hydrogen-bond acceptors (Lipinski definition) is 4. The van der Waals surface area contributed by atoms with Gasteiger partial charge < -0.3 is 11.1 Å². The van der Waals surface area contributed by atoms with Crippen LogP contribution in [0, 0.1) is 0 Å². The Morgan fingerprint density at radius 1 is 0.852 bits per heavy atom. The van der Waals surface area contributed by atoms with E-state index in [1.807, 2.05) is 0 Å². The van der Waals surface area contributed by atoms with Gasteiger partial charge in [0.15, 0.2) is 0 Å². The number of piperidine rings is 1. The predicted molar refractivity (Wildman–Crippen MR) is 111 cm³/mol. The molecular formula is C21H42N4O2. The van der Waals surface area contributed by atoms with Crippen molar-refractivity contribution >= 4 is 11.8 Å². The topological polar surface area (TPSA) is 101 Å². The van der Waals surface area contributed by atoms with Crippen LogP contribution < -0.4 is 16.9 Å². The van der Waals surface area contributed by atoms with Gasteiger partial charge in [0.05, 0.1) is 6.04 Å². The number of carbonyl (C=O) groups excluding carboxylic acids is 2. The molecular weight excluding hydrogens is 340 g/mol. The maximum atomic E-state index is 12.5. The molecule has 1 saturated heterocycles. The van der Waals surface area contributed by atoms with Gasteiger partial charge in [-0.1, -0.05) is 38.5 Å². The molecule has 1 heterocycles. The fourth-order valence-corrected chi connectivity index (χ4v) is 4.43. The first-order chi connectivity index (χ1) is 12.5. The first-order valence-corrected chi connectivity index (χ1v) is 10.7. The Kier molecular flexibility index (Phi) is 9.74. The molecule has 0 aromatic heterocycles. The molecule has 0 aliphatic carbocycles. The van der Waals surface area contributed by atoms with Crippen LogP contribution in [0.2, 0.25) is 0 Å². The lowest BCUT2D eigenvalue weighted by Crippen LogP contribution is -2.64. The summed E-state index contributed by atoms with van der Waals surface area (Å²) in [6.07, 6.45) is 11.5. The van der Waals surface area contributed by atoms with Crippen LogP contribution in [0.3, 0.4) is 0 Å². The van der Waals surface area contributed by atoms with Gasteiger partial charge in [0.2, 0.25) is 11.8 Å². The van der Waals surface area contributed by atoms with Gasteiger partial charge >= 0.3 is 0 Å². The van der Waals surface area contributed by atoms with E-state index in [0.29, 0.717) is 12.8 Å². The molecule has 158 valence electrons. The highest BCUT2D eigenvalue weighted by Gasteiger charge is 2.40. The predicted octanol–water partition coefficient (Wildman–Crippen LogP) is 3.38. The standard InChI is InChI=1S/C21H42N4O2/c1-20(2)15-17(16-21(3,4)24-20)25(23)19(27)14-12-10-8-6-5-7-9-11-13-18(22)26/h17,24H,5-16,23H2,1-4H3,(H2,22,26). The van der Waals surface area contributed by atoms with Crippen LogP contribution in [-0.2, 0) is 9.59 Å². The highest BCUT2D eigenvalue weighted by molar-refractivity contribution is 5.75. The summed E-state index contributed by atoms with van der Waals surface area (Å²) in [6, 6.07) is 0.101. The van der Waals surface area contributed by atoms with Crippen molar-refractivity contribution in [1.82, 2.24) is 10.3 Å². The zero-order chi connectivity index (χ0) is 20.5. The third-order valence-electron chi connectivity index (χ3n) is 5.41. The average molecular weight is 383 g/mol. The van der Waals surface area contributed by atoms with Crippen LogP contribution in [-0.4, -0.2) is 33.9 Å². The van der Waals surface area contributed by atoms with Crippen LogP contribution >= 0.6 is 0 Å². The van der Waals surface area contributed by atoms with Gasteiger partial charge in [0.1, 0.15) is 0 Å². The number of primary amides is 1. The summed E-state index contributed by atoms with van der Waals surface area (Å²) in [6.45, 7) is 8.69. The van der Waals surface area contributed by atoms with Gasteiger partial charge in [-0.15, -0.1) is 0 Å². The molecule has 0 bridgehead atoms. The van der Waals surface area contributed by atoms with Crippen LogP contribution in [0.15, 0.2) is 0 Å². The van der Waals surface area contributed by atoms with Crippen molar-refractivity contribution < 1.29 is 9.59 Å². The lowest BCUT2D eigenvalue weighted by Gasteiger charge is -2.48. The molecule has 0 unspecified atom stereocenters. The molecule has 27 heavy (non-hydrogen) atoms. The number of carbonyl (C=O) groups is 2. The van der Waals surface area contributed by atoms with Gasteiger partial charge in [0, 0.05) is 23.9 Å². The Morgan fingerprint density at radius 3 is 1.70 bits per heavy atom. The number of unbranched alkanes of at least 4 members (excludes halogenated alkanes) is 7. The lowest BCUT2D eigenvalue weighted by atomic mass is 9.79. The van der Waals surface area contributed by atoms with E-state index < -0.39 is 0 Å². The lowest BCUT2D eigenvalue weighted by molar-refractivity contribution is -0.135. The number of rotatable bonds is 12. The number of amides is 2. The molecule has 1 aliphatic heterocycles. The summed E-state index contributed by atoms with van der Waals surface area (Å²) in [4.78, 5) is 23.1. The minimum absolute atomic E-state index is 0.0121. The van der Waals surface area contributed by atoms with Gasteiger partial charge in [0.25, 0.3) is 0 Å². The Hall–Kier alpha value is -1.14. The van der Waals surface area contributed by atoms with Crippen LogP contribution in [0.25, 0.3) is 0 Å². The molecule has 0 radical (unpaired) electrons. The maximum absolute atomic E-state index is 12.5. The molecule has 6 nitrogen and oxygen atoms in total. The molecule has 0 aromatic carbocycles. The summed E-state index contributed by atoms with van der Waals surface area (Å²) >= 11 is 0. The quantitative estimate of drug-likeness (QED) is 0.208. The number of hydrogen-bond donors (Lipinski definition) is 3. The van der Waals surface area contributed by atoms with Crippen molar-refractivity contribution in [2.75, 3.05) is 0 Å². The van der Waals surface area contributed by atoms with Crippen LogP contribution in [0.1, 0.15) is 105 Å². The fourth-order valence-electron chi connectivity index (χ4n) is 4.43. The molecule has 6 heteroatoms. The number of nitrogens with zero attached hydrogens (tertiary/aromatic N) is 1. The Labute approximate surface area is 165 Å². The number of nitrogens with two attached hydrogens (primary N) is 2. The number of hydrazine groups is 1. The molecule has 0 saturated carbocycles. The second-order valence-corrected chi connectivity index (χ2v) is 9.55. The average Bonchev–Trinajstić information content (AvgIpc) is 2.52. The largest absolute Gasteiger partial charge is 0.370 e. The molecule has 5 N–H and O–H groups in total. The first-order valence-electron chi connectivity index (χ1n) is 10.7. The van der Waals surface area contributed by atoms with Gasteiger partial charge in [-0.25, -0.2) is 5.84 Å². The van der Waals surface area contributed by atoms with E-state index in [1.165, 1.54) is 17.9 Å². The van der Waals surface area contributed by atoms with Crippen LogP contribution in [0.4, 0.5) is 0 Å². The van der Waals surface area contributed by atoms with Gasteiger partial charge in [-0.3, -0.25) is 14.6 Å². The third-order valence-corrected chi connectivity index (χ3v) is 5.41. The Bertz CT molecular complexity index is 461. The van der Waals surface area contributed by atoms with Crippen molar-refractivity contribution in [1.29, 1.82) is 0 Å². The molecule has 0 atom stereocenters. The highest BCUT2D eigenvalue weighted by Crippen LogP contribution is 2.30. The number of nitrogens with one attached hydrogen (secondary N) is 1. The fraction of sp³-hybridized carbons (Fsp3) is 0.905. The summed E-state index contributed by atoms with van der Waals surface area (Å²) in [5.41, 5.74) is 5.10.